The zero-order valence-electron chi connectivity index (χ0n) is 32.3. The van der Waals surface area contributed by atoms with Crippen LogP contribution in [0.1, 0.15) is 112 Å². The number of likely N-dealkylation sites (tertiary alicyclic amines) is 2. The van der Waals surface area contributed by atoms with Crippen molar-refractivity contribution in [3.63, 3.8) is 0 Å². The fourth-order valence-electron chi connectivity index (χ4n) is 9.42. The third-order valence-electron chi connectivity index (χ3n) is 13.0. The van der Waals surface area contributed by atoms with E-state index in [0.29, 0.717) is 37.3 Å². The predicted octanol–water partition coefficient (Wildman–Crippen LogP) is 9.18. The SMILES string of the molecule is CN1CCCC(CCC2CCN(C(=O)[C@@H](Cc3cc(Cl)c(N)c(C(F)(F)F)c3)OC(O)CCC3CCC(CCC4Cc5sccc5NC4=O)CC3)CC2)CC1. The highest BCUT2D eigenvalue weighted by Gasteiger charge is 2.36. The van der Waals surface area contributed by atoms with E-state index in [0.717, 1.165) is 101 Å². The number of hydrogen-bond acceptors (Lipinski definition) is 7. The van der Waals surface area contributed by atoms with Crippen LogP contribution in [0.2, 0.25) is 5.02 Å². The number of anilines is 2. The number of nitrogens with two attached hydrogens (primary N) is 1. The van der Waals surface area contributed by atoms with Crippen LogP contribution < -0.4 is 11.1 Å². The number of hydrogen-bond donors (Lipinski definition) is 3. The van der Waals surface area contributed by atoms with Crippen LogP contribution in [0.3, 0.4) is 0 Å². The molecule has 2 amide bonds. The van der Waals surface area contributed by atoms with Gasteiger partial charge in [0.1, 0.15) is 6.10 Å². The first-order valence-corrected chi connectivity index (χ1v) is 21.9. The van der Waals surface area contributed by atoms with Crippen molar-refractivity contribution in [2.75, 3.05) is 44.3 Å². The predicted molar refractivity (Wildman–Crippen MR) is 213 cm³/mol. The highest BCUT2D eigenvalue weighted by atomic mass is 35.5. The third-order valence-corrected chi connectivity index (χ3v) is 14.3. The molecule has 1 saturated carbocycles. The van der Waals surface area contributed by atoms with Crippen LogP contribution in [-0.2, 0) is 33.3 Å². The molecule has 3 fully saturated rings. The summed E-state index contributed by atoms with van der Waals surface area (Å²) < 4.78 is 47.6. The lowest BCUT2D eigenvalue weighted by atomic mass is 9.77. The summed E-state index contributed by atoms with van der Waals surface area (Å²) in [4.78, 5) is 32.1. The Hall–Kier alpha value is -2.38. The summed E-state index contributed by atoms with van der Waals surface area (Å²) in [5, 5.41) is 16.0. The van der Waals surface area contributed by atoms with E-state index < -0.39 is 29.8 Å². The topological polar surface area (TPSA) is 108 Å². The van der Waals surface area contributed by atoms with Gasteiger partial charge in [-0.1, -0.05) is 50.1 Å². The van der Waals surface area contributed by atoms with E-state index in [2.05, 4.69) is 17.3 Å². The van der Waals surface area contributed by atoms with E-state index in [1.807, 2.05) is 11.4 Å². The average Bonchev–Trinajstić information content (AvgIpc) is 3.51. The van der Waals surface area contributed by atoms with Crippen molar-refractivity contribution >= 4 is 46.1 Å². The number of carbonyl (C=O) groups excluding carboxylic acids is 2. The van der Waals surface area contributed by atoms with Crippen LogP contribution in [0, 0.1) is 29.6 Å². The fraction of sp³-hybridized carbons (Fsp3) is 0.714. The molecular weight excluding hydrogens is 749 g/mol. The van der Waals surface area contributed by atoms with Gasteiger partial charge in [0.25, 0.3) is 5.91 Å². The summed E-state index contributed by atoms with van der Waals surface area (Å²) in [6.45, 7) is 3.44. The van der Waals surface area contributed by atoms with E-state index >= 15 is 0 Å². The van der Waals surface area contributed by atoms with Crippen LogP contribution in [0.15, 0.2) is 23.6 Å². The number of halogens is 4. The first-order chi connectivity index (χ1) is 26.3. The maximum atomic E-state index is 14.0. The Bertz CT molecular complexity index is 1580. The minimum atomic E-state index is -4.71. The molecule has 0 bridgehead atoms. The molecule has 8 nitrogen and oxygen atoms in total. The van der Waals surface area contributed by atoms with Crippen molar-refractivity contribution in [3.8, 4) is 0 Å². The Morgan fingerprint density at radius 1 is 0.964 bits per heavy atom. The average molecular weight is 809 g/mol. The molecule has 4 aliphatic rings. The van der Waals surface area contributed by atoms with Gasteiger partial charge in [-0.05, 0) is 137 Å². The molecule has 1 aromatic carbocycles. The molecular formula is C42H60ClF3N4O4S. The molecule has 6 rings (SSSR count). The third kappa shape index (κ3) is 11.8. The lowest BCUT2D eigenvalue weighted by molar-refractivity contribution is -0.172. The maximum Gasteiger partial charge on any atom is 0.418 e. The monoisotopic (exact) mass is 808 g/mol. The van der Waals surface area contributed by atoms with Gasteiger partial charge in [-0.2, -0.15) is 13.2 Å². The molecule has 306 valence electrons. The summed E-state index contributed by atoms with van der Waals surface area (Å²) in [5.41, 5.74) is 5.24. The smallest absolute Gasteiger partial charge is 0.397 e. The number of aliphatic hydroxyl groups is 1. The van der Waals surface area contributed by atoms with Crippen LogP contribution in [0.25, 0.3) is 0 Å². The number of ether oxygens (including phenoxy) is 1. The zero-order chi connectivity index (χ0) is 39.1. The molecule has 0 spiro atoms. The lowest BCUT2D eigenvalue weighted by Gasteiger charge is -2.35. The number of fused-ring (bicyclic) bond motifs is 1. The molecule has 4 N–H and O–H groups in total. The van der Waals surface area contributed by atoms with E-state index in [1.54, 1.807) is 16.2 Å². The summed E-state index contributed by atoms with van der Waals surface area (Å²) in [7, 11) is 2.19. The Kier molecular flexibility index (Phi) is 14.9. The molecule has 3 unspecified atom stereocenters. The van der Waals surface area contributed by atoms with Gasteiger partial charge in [0.15, 0.2) is 6.29 Å². The summed E-state index contributed by atoms with van der Waals surface area (Å²) in [6, 6.07) is 4.27. The van der Waals surface area contributed by atoms with Gasteiger partial charge in [-0.15, -0.1) is 11.3 Å². The second-order valence-corrected chi connectivity index (χ2v) is 18.4. The van der Waals surface area contributed by atoms with Gasteiger partial charge >= 0.3 is 6.18 Å². The molecule has 1 aromatic heterocycles. The van der Waals surface area contributed by atoms with Gasteiger partial charge in [-0.25, -0.2) is 0 Å². The summed E-state index contributed by atoms with van der Waals surface area (Å²) >= 11 is 7.86. The second kappa shape index (κ2) is 19.4. The molecule has 0 radical (unpaired) electrons. The van der Waals surface area contributed by atoms with Crippen LogP contribution >= 0.6 is 22.9 Å². The number of thiophene rings is 1. The Labute approximate surface area is 333 Å². The number of alkyl halides is 3. The number of nitrogens with one attached hydrogen (secondary N) is 1. The van der Waals surface area contributed by atoms with E-state index in [9.17, 15) is 27.9 Å². The number of aliphatic hydroxyl groups excluding tert-OH is 1. The highest BCUT2D eigenvalue weighted by Crippen LogP contribution is 2.40. The number of nitrogen functional groups attached to an aromatic ring is 1. The quantitative estimate of drug-likeness (QED) is 0.130. The minimum absolute atomic E-state index is 0.0288. The second-order valence-electron chi connectivity index (χ2n) is 17.0. The number of nitrogens with zero attached hydrogens (tertiary/aromatic N) is 2. The zero-order valence-corrected chi connectivity index (χ0v) is 33.8. The number of benzene rings is 1. The van der Waals surface area contributed by atoms with Crippen molar-refractivity contribution in [2.45, 2.75) is 128 Å². The Morgan fingerprint density at radius 3 is 2.31 bits per heavy atom. The molecule has 4 atom stereocenters. The van der Waals surface area contributed by atoms with Crippen LogP contribution in [0.4, 0.5) is 24.5 Å². The fourth-order valence-corrected chi connectivity index (χ4v) is 10.6. The van der Waals surface area contributed by atoms with Crippen LogP contribution in [0.5, 0.6) is 0 Å². The van der Waals surface area contributed by atoms with Gasteiger partial charge in [-0.3, -0.25) is 9.59 Å². The summed E-state index contributed by atoms with van der Waals surface area (Å²) in [5.74, 6) is 2.13. The van der Waals surface area contributed by atoms with Gasteiger partial charge < -0.3 is 30.7 Å². The van der Waals surface area contributed by atoms with Crippen molar-refractivity contribution in [1.29, 1.82) is 0 Å². The van der Waals surface area contributed by atoms with Gasteiger partial charge in [0, 0.05) is 30.3 Å². The molecule has 2 aromatic rings. The van der Waals surface area contributed by atoms with Crippen LogP contribution in [-0.4, -0.2) is 72.3 Å². The molecule has 3 aliphatic heterocycles. The molecule has 13 heteroatoms. The number of piperidine rings is 1. The number of carbonyl (C=O) groups is 2. The first-order valence-electron chi connectivity index (χ1n) is 20.7. The first kappa shape index (κ1) is 42.2. The molecule has 2 saturated heterocycles. The Balaban J connectivity index is 0.998. The number of rotatable bonds is 14. The molecule has 55 heavy (non-hydrogen) atoms. The van der Waals surface area contributed by atoms with E-state index in [1.165, 1.54) is 36.6 Å². The maximum absolute atomic E-state index is 14.0. The standard InChI is InChI=1S/C42H60ClF3N4O4S/c1-49-18-2-3-27(14-19-49)4-9-30-15-20-50(21-16-30)41(53)36(25-31-23-33(42(44,45)46)39(47)34(43)24-31)54-38(51)13-11-29-7-5-28(6-8-29)10-12-32-26-37-35(17-22-55-37)48-40(32)52/h17,22-24,27-30,32,36,38,51H,2-16,18-21,25-26,47H2,1H3,(H,48,52)/t27?,28?,29?,32?,36-,38?/m1/s1. The number of amides is 2. The Morgan fingerprint density at radius 2 is 1.60 bits per heavy atom. The van der Waals surface area contributed by atoms with Crippen molar-refractivity contribution < 1.29 is 32.6 Å². The van der Waals surface area contributed by atoms with Crippen molar-refractivity contribution in [3.05, 3.63) is 44.6 Å². The van der Waals surface area contributed by atoms with E-state index in [4.69, 9.17) is 22.1 Å². The normalized spacial score (nSPS) is 25.6. The molecule has 4 heterocycles. The highest BCUT2D eigenvalue weighted by molar-refractivity contribution is 7.10. The largest absolute Gasteiger partial charge is 0.418 e. The van der Waals surface area contributed by atoms with Crippen molar-refractivity contribution in [1.82, 2.24) is 9.80 Å². The minimum Gasteiger partial charge on any atom is -0.397 e. The van der Waals surface area contributed by atoms with Crippen molar-refractivity contribution in [2.24, 2.45) is 29.6 Å². The van der Waals surface area contributed by atoms with E-state index in [-0.39, 0.29) is 34.7 Å². The molecule has 1 aliphatic carbocycles. The van der Waals surface area contributed by atoms with Gasteiger partial charge in [0.2, 0.25) is 5.91 Å². The summed E-state index contributed by atoms with van der Waals surface area (Å²) in [6.07, 6.45) is 8.62. The van der Waals surface area contributed by atoms with Gasteiger partial charge in [0.05, 0.1) is 22.0 Å². The lowest BCUT2D eigenvalue weighted by Crippen LogP contribution is -2.46.